The van der Waals surface area contributed by atoms with Gasteiger partial charge in [0.25, 0.3) is 0 Å². The van der Waals surface area contributed by atoms with E-state index in [1.807, 2.05) is 11.3 Å². The van der Waals surface area contributed by atoms with Crippen LogP contribution in [0.4, 0.5) is 0 Å². The minimum absolute atomic E-state index is 0.400. The molecule has 3 atom stereocenters. The molecule has 0 radical (unpaired) electrons. The largest absolute Gasteiger partial charge is 0.327 e. The highest BCUT2D eigenvalue weighted by Crippen LogP contribution is 2.31. The van der Waals surface area contributed by atoms with E-state index < -0.39 is 0 Å². The van der Waals surface area contributed by atoms with Crippen LogP contribution in [0.25, 0.3) is 0 Å². The maximum Gasteiger partial charge on any atom is 0.0439 e. The summed E-state index contributed by atoms with van der Waals surface area (Å²) in [6.45, 7) is 6.86. The highest BCUT2D eigenvalue weighted by atomic mass is 32.1. The molecule has 1 fully saturated rings. The normalized spacial score (nSPS) is 29.2. The highest BCUT2D eigenvalue weighted by molar-refractivity contribution is 7.10. The zero-order valence-electron chi connectivity index (χ0n) is 10.2. The third-order valence-electron chi connectivity index (χ3n) is 3.70. The second-order valence-corrected chi connectivity index (χ2v) is 5.84. The van der Waals surface area contributed by atoms with E-state index in [0.29, 0.717) is 18.0 Å². The summed E-state index contributed by atoms with van der Waals surface area (Å²) in [5.41, 5.74) is 6.08. The van der Waals surface area contributed by atoms with E-state index in [1.165, 1.54) is 11.3 Å². The molecule has 3 heteroatoms. The van der Waals surface area contributed by atoms with E-state index in [9.17, 15) is 0 Å². The first-order chi connectivity index (χ1) is 7.72. The number of hydrogen-bond donors (Lipinski definition) is 1. The van der Waals surface area contributed by atoms with Gasteiger partial charge in [-0.3, -0.25) is 4.90 Å². The van der Waals surface area contributed by atoms with Crippen molar-refractivity contribution in [3.8, 4) is 0 Å². The van der Waals surface area contributed by atoms with Gasteiger partial charge >= 0.3 is 0 Å². The van der Waals surface area contributed by atoms with E-state index in [0.717, 1.165) is 19.5 Å². The molecule has 3 unspecified atom stereocenters. The van der Waals surface area contributed by atoms with Gasteiger partial charge in [-0.1, -0.05) is 19.9 Å². The predicted octanol–water partition coefficient (Wildman–Crippen LogP) is 2.87. The summed E-state index contributed by atoms with van der Waals surface area (Å²) in [4.78, 5) is 4.12. The Morgan fingerprint density at radius 2 is 2.44 bits per heavy atom. The van der Waals surface area contributed by atoms with Gasteiger partial charge in [0.05, 0.1) is 0 Å². The SMILES string of the molecule is CCC(c1cccs1)N1CCC(N)C(C)C1. The first-order valence-electron chi connectivity index (χ1n) is 6.25. The maximum atomic E-state index is 6.08. The van der Waals surface area contributed by atoms with Crippen LogP contribution in [-0.2, 0) is 0 Å². The van der Waals surface area contributed by atoms with Crippen molar-refractivity contribution in [2.45, 2.75) is 38.8 Å². The lowest BCUT2D eigenvalue weighted by molar-refractivity contribution is 0.114. The lowest BCUT2D eigenvalue weighted by Crippen LogP contribution is -2.46. The summed E-state index contributed by atoms with van der Waals surface area (Å²) in [5, 5.41) is 2.18. The number of piperidine rings is 1. The minimum Gasteiger partial charge on any atom is -0.327 e. The summed E-state index contributed by atoms with van der Waals surface area (Å²) >= 11 is 1.88. The average Bonchev–Trinajstić information content (AvgIpc) is 2.78. The molecule has 1 aromatic rings. The summed E-state index contributed by atoms with van der Waals surface area (Å²) in [7, 11) is 0. The van der Waals surface area contributed by atoms with Gasteiger partial charge in [0, 0.05) is 30.1 Å². The van der Waals surface area contributed by atoms with Crippen molar-refractivity contribution in [2.24, 2.45) is 11.7 Å². The molecule has 1 aliphatic rings. The van der Waals surface area contributed by atoms with E-state index in [1.54, 1.807) is 0 Å². The van der Waals surface area contributed by atoms with Crippen molar-refractivity contribution in [2.75, 3.05) is 13.1 Å². The Bertz CT molecular complexity index is 310. The van der Waals surface area contributed by atoms with E-state index in [-0.39, 0.29) is 0 Å². The van der Waals surface area contributed by atoms with Gasteiger partial charge < -0.3 is 5.73 Å². The van der Waals surface area contributed by atoms with Crippen LogP contribution in [0, 0.1) is 5.92 Å². The van der Waals surface area contributed by atoms with Crippen LogP contribution in [0.1, 0.15) is 37.6 Å². The standard InChI is InChI=1S/C13H22N2S/c1-3-12(13-5-4-8-16-13)15-7-6-11(14)10(2)9-15/h4-5,8,10-12H,3,6-7,9,14H2,1-2H3. The molecule has 16 heavy (non-hydrogen) atoms. The molecule has 2 rings (SSSR count). The lowest BCUT2D eigenvalue weighted by Gasteiger charge is -2.39. The molecule has 0 bridgehead atoms. The molecule has 0 aromatic carbocycles. The van der Waals surface area contributed by atoms with Crippen LogP contribution >= 0.6 is 11.3 Å². The number of rotatable bonds is 3. The van der Waals surface area contributed by atoms with Gasteiger partial charge in [0.2, 0.25) is 0 Å². The van der Waals surface area contributed by atoms with Crippen molar-refractivity contribution >= 4 is 11.3 Å². The van der Waals surface area contributed by atoms with Gasteiger partial charge in [-0.05, 0) is 30.2 Å². The van der Waals surface area contributed by atoms with Gasteiger partial charge in [-0.15, -0.1) is 11.3 Å². The first kappa shape index (κ1) is 12.1. The number of hydrogen-bond acceptors (Lipinski definition) is 3. The van der Waals surface area contributed by atoms with Gasteiger partial charge in [0.1, 0.15) is 0 Å². The summed E-state index contributed by atoms with van der Waals surface area (Å²) in [6, 6.07) is 5.42. The Labute approximate surface area is 102 Å². The molecule has 2 N–H and O–H groups in total. The van der Waals surface area contributed by atoms with Crippen LogP contribution in [0.5, 0.6) is 0 Å². The molecule has 1 saturated heterocycles. The molecule has 0 amide bonds. The van der Waals surface area contributed by atoms with Crippen molar-refractivity contribution < 1.29 is 0 Å². The zero-order valence-corrected chi connectivity index (χ0v) is 11.0. The second-order valence-electron chi connectivity index (χ2n) is 4.86. The third-order valence-corrected chi connectivity index (χ3v) is 4.68. The number of likely N-dealkylation sites (tertiary alicyclic amines) is 1. The summed E-state index contributed by atoms with van der Waals surface area (Å²) in [6.07, 6.45) is 2.34. The van der Waals surface area contributed by atoms with Gasteiger partial charge in [-0.2, -0.15) is 0 Å². The maximum absolute atomic E-state index is 6.08. The van der Waals surface area contributed by atoms with E-state index in [4.69, 9.17) is 5.73 Å². The van der Waals surface area contributed by atoms with Crippen molar-refractivity contribution in [3.05, 3.63) is 22.4 Å². The lowest BCUT2D eigenvalue weighted by atomic mass is 9.93. The Balaban J connectivity index is 2.05. The third kappa shape index (κ3) is 2.47. The number of nitrogens with zero attached hydrogens (tertiary/aromatic N) is 1. The summed E-state index contributed by atoms with van der Waals surface area (Å²) < 4.78 is 0. The molecule has 0 saturated carbocycles. The molecule has 2 heterocycles. The Morgan fingerprint density at radius 3 is 3.00 bits per heavy atom. The summed E-state index contributed by atoms with van der Waals surface area (Å²) in [5.74, 6) is 0.628. The minimum atomic E-state index is 0.400. The van der Waals surface area contributed by atoms with E-state index in [2.05, 4.69) is 36.3 Å². The molecule has 1 aliphatic heterocycles. The number of thiophene rings is 1. The van der Waals surface area contributed by atoms with Crippen LogP contribution in [0.2, 0.25) is 0 Å². The van der Waals surface area contributed by atoms with Crippen molar-refractivity contribution in [1.29, 1.82) is 0 Å². The Morgan fingerprint density at radius 1 is 1.62 bits per heavy atom. The number of nitrogens with two attached hydrogens (primary N) is 1. The second kappa shape index (κ2) is 5.30. The fourth-order valence-corrected chi connectivity index (χ4v) is 3.54. The molecule has 0 spiro atoms. The fraction of sp³-hybridized carbons (Fsp3) is 0.692. The smallest absolute Gasteiger partial charge is 0.0439 e. The van der Waals surface area contributed by atoms with Crippen molar-refractivity contribution in [3.63, 3.8) is 0 Å². The van der Waals surface area contributed by atoms with Crippen LogP contribution < -0.4 is 5.73 Å². The zero-order chi connectivity index (χ0) is 11.5. The van der Waals surface area contributed by atoms with Crippen molar-refractivity contribution in [1.82, 2.24) is 4.90 Å². The molecule has 1 aromatic heterocycles. The van der Waals surface area contributed by atoms with Crippen LogP contribution in [-0.4, -0.2) is 24.0 Å². The monoisotopic (exact) mass is 238 g/mol. The molecule has 0 aliphatic carbocycles. The highest BCUT2D eigenvalue weighted by Gasteiger charge is 2.28. The quantitative estimate of drug-likeness (QED) is 0.877. The fourth-order valence-electron chi connectivity index (χ4n) is 2.60. The van der Waals surface area contributed by atoms with Gasteiger partial charge in [0.15, 0.2) is 0 Å². The predicted molar refractivity (Wildman–Crippen MR) is 70.7 cm³/mol. The van der Waals surface area contributed by atoms with E-state index >= 15 is 0 Å². The topological polar surface area (TPSA) is 29.3 Å². The molecule has 90 valence electrons. The van der Waals surface area contributed by atoms with Gasteiger partial charge in [-0.25, -0.2) is 0 Å². The molecular formula is C13H22N2S. The molecule has 2 nitrogen and oxygen atoms in total. The first-order valence-corrected chi connectivity index (χ1v) is 7.13. The molecular weight excluding hydrogens is 216 g/mol. The van der Waals surface area contributed by atoms with Crippen LogP contribution in [0.3, 0.4) is 0 Å². The van der Waals surface area contributed by atoms with Crippen LogP contribution in [0.15, 0.2) is 17.5 Å². The Kier molecular flexibility index (Phi) is 4.00. The average molecular weight is 238 g/mol. The Hall–Kier alpha value is -0.380.